The number of benzene rings is 4. The van der Waals surface area contributed by atoms with Crippen LogP contribution in [-0.4, -0.2) is 19.5 Å². The highest BCUT2D eigenvalue weighted by Crippen LogP contribution is 2.37. The summed E-state index contributed by atoms with van der Waals surface area (Å²) in [5, 5.41) is 21.1. The fraction of sp³-hybridized carbons (Fsp3) is 0.0645. The van der Waals surface area contributed by atoms with Gasteiger partial charge in [-0.05, 0) is 67.4 Å². The highest BCUT2D eigenvalue weighted by atomic mass is 15.0. The van der Waals surface area contributed by atoms with Crippen molar-refractivity contribution in [1.82, 2.24) is 19.5 Å². The normalized spacial score (nSPS) is 10.9. The van der Waals surface area contributed by atoms with E-state index in [1.54, 1.807) is 0 Å². The van der Waals surface area contributed by atoms with Gasteiger partial charge < -0.3 is 4.57 Å². The van der Waals surface area contributed by atoms with E-state index >= 15 is 0 Å². The van der Waals surface area contributed by atoms with E-state index < -0.39 is 0 Å². The standard InChI is InChI=1S/C31H20N6/c1-19-34-20(2)36-31(35-19)27-15-22(18-33)9-14-29(27)37-28-6-4-3-5-25(28)26-13-12-24(16-30(26)37)23-10-7-21(17-32)8-11-23/h3-16H,1-2H3. The molecule has 0 fully saturated rings. The van der Waals surface area contributed by atoms with Crippen LogP contribution in [0.1, 0.15) is 22.8 Å². The van der Waals surface area contributed by atoms with Gasteiger partial charge in [-0.3, -0.25) is 0 Å². The average molecular weight is 477 g/mol. The van der Waals surface area contributed by atoms with Gasteiger partial charge >= 0.3 is 0 Å². The van der Waals surface area contributed by atoms with Gasteiger partial charge in [0.15, 0.2) is 5.82 Å². The molecular weight excluding hydrogens is 456 g/mol. The number of hydrogen-bond donors (Lipinski definition) is 0. The molecule has 2 aromatic heterocycles. The molecule has 6 aromatic rings. The maximum absolute atomic E-state index is 9.65. The number of nitriles is 2. The number of fused-ring (bicyclic) bond motifs is 3. The zero-order chi connectivity index (χ0) is 25.5. The van der Waals surface area contributed by atoms with Gasteiger partial charge in [-0.2, -0.15) is 10.5 Å². The van der Waals surface area contributed by atoms with Gasteiger partial charge in [-0.1, -0.05) is 42.5 Å². The van der Waals surface area contributed by atoms with Crippen molar-refractivity contribution in [2.24, 2.45) is 0 Å². The van der Waals surface area contributed by atoms with Crippen LogP contribution in [-0.2, 0) is 0 Å². The monoisotopic (exact) mass is 476 g/mol. The first kappa shape index (κ1) is 22.2. The van der Waals surface area contributed by atoms with E-state index in [9.17, 15) is 10.5 Å². The van der Waals surface area contributed by atoms with Crippen molar-refractivity contribution in [2.75, 3.05) is 0 Å². The zero-order valence-corrected chi connectivity index (χ0v) is 20.3. The minimum atomic E-state index is 0.534. The van der Waals surface area contributed by atoms with E-state index in [1.807, 2.05) is 68.4 Å². The highest BCUT2D eigenvalue weighted by Gasteiger charge is 2.18. The summed E-state index contributed by atoms with van der Waals surface area (Å²) < 4.78 is 2.21. The van der Waals surface area contributed by atoms with E-state index in [0.717, 1.165) is 44.2 Å². The fourth-order valence-electron chi connectivity index (χ4n) is 4.86. The molecule has 0 radical (unpaired) electrons. The largest absolute Gasteiger partial charge is 0.308 e. The first-order valence-electron chi connectivity index (χ1n) is 11.8. The van der Waals surface area contributed by atoms with Crippen molar-refractivity contribution in [3.63, 3.8) is 0 Å². The SMILES string of the molecule is Cc1nc(C)nc(-c2cc(C#N)ccc2-n2c3ccccc3c3ccc(-c4ccc(C#N)cc4)cc32)n1. The molecule has 4 aromatic carbocycles. The minimum Gasteiger partial charge on any atom is -0.308 e. The number of aryl methyl sites for hydroxylation is 2. The Morgan fingerprint density at radius 3 is 2.00 bits per heavy atom. The molecule has 6 heteroatoms. The van der Waals surface area contributed by atoms with Crippen molar-refractivity contribution in [3.8, 4) is 40.3 Å². The zero-order valence-electron chi connectivity index (χ0n) is 20.3. The van der Waals surface area contributed by atoms with Crippen LogP contribution in [0, 0.1) is 36.5 Å². The number of para-hydroxylation sites is 1. The van der Waals surface area contributed by atoms with Crippen LogP contribution >= 0.6 is 0 Å². The number of nitrogens with zero attached hydrogens (tertiary/aromatic N) is 6. The molecule has 0 spiro atoms. The molecule has 0 aliphatic rings. The van der Waals surface area contributed by atoms with Gasteiger partial charge in [0.1, 0.15) is 11.6 Å². The molecule has 0 aliphatic heterocycles. The molecule has 37 heavy (non-hydrogen) atoms. The summed E-state index contributed by atoms with van der Waals surface area (Å²) in [4.78, 5) is 13.6. The van der Waals surface area contributed by atoms with E-state index in [0.29, 0.717) is 28.6 Å². The summed E-state index contributed by atoms with van der Waals surface area (Å²) in [6.07, 6.45) is 0. The van der Waals surface area contributed by atoms with Gasteiger partial charge in [-0.15, -0.1) is 0 Å². The summed E-state index contributed by atoms with van der Waals surface area (Å²) in [5.41, 5.74) is 6.95. The predicted molar refractivity (Wildman–Crippen MR) is 144 cm³/mol. The van der Waals surface area contributed by atoms with Crippen molar-refractivity contribution >= 4 is 21.8 Å². The molecule has 0 unspecified atom stereocenters. The van der Waals surface area contributed by atoms with E-state index in [-0.39, 0.29) is 0 Å². The molecule has 0 saturated carbocycles. The minimum absolute atomic E-state index is 0.534. The maximum atomic E-state index is 9.65. The van der Waals surface area contributed by atoms with Crippen LogP contribution < -0.4 is 0 Å². The number of rotatable bonds is 3. The fourth-order valence-corrected chi connectivity index (χ4v) is 4.86. The lowest BCUT2D eigenvalue weighted by Crippen LogP contribution is -2.03. The molecule has 0 atom stereocenters. The van der Waals surface area contributed by atoms with E-state index in [4.69, 9.17) is 0 Å². The first-order chi connectivity index (χ1) is 18.1. The Labute approximate surface area is 213 Å². The van der Waals surface area contributed by atoms with Crippen molar-refractivity contribution in [1.29, 1.82) is 10.5 Å². The number of hydrogen-bond acceptors (Lipinski definition) is 5. The molecule has 0 amide bonds. The maximum Gasteiger partial charge on any atom is 0.165 e. The number of aromatic nitrogens is 4. The van der Waals surface area contributed by atoms with Crippen LogP contribution in [0.3, 0.4) is 0 Å². The Balaban J connectivity index is 1.68. The van der Waals surface area contributed by atoms with Crippen molar-refractivity contribution < 1.29 is 0 Å². The van der Waals surface area contributed by atoms with Crippen LogP contribution in [0.5, 0.6) is 0 Å². The lowest BCUT2D eigenvalue weighted by atomic mass is 10.0. The van der Waals surface area contributed by atoms with Crippen LogP contribution in [0.2, 0.25) is 0 Å². The third-order valence-corrected chi connectivity index (χ3v) is 6.49. The van der Waals surface area contributed by atoms with Gasteiger partial charge in [0, 0.05) is 16.3 Å². The van der Waals surface area contributed by atoms with Crippen molar-refractivity contribution in [3.05, 3.63) is 108 Å². The molecule has 0 saturated heterocycles. The van der Waals surface area contributed by atoms with Gasteiger partial charge in [0.05, 0.1) is 40.0 Å². The van der Waals surface area contributed by atoms with Crippen molar-refractivity contribution in [2.45, 2.75) is 13.8 Å². The lowest BCUT2D eigenvalue weighted by molar-refractivity contribution is 0.926. The molecule has 174 valence electrons. The third-order valence-electron chi connectivity index (χ3n) is 6.49. The topological polar surface area (TPSA) is 91.2 Å². The average Bonchev–Trinajstić information content (AvgIpc) is 3.25. The molecule has 0 bridgehead atoms. The Morgan fingerprint density at radius 2 is 1.27 bits per heavy atom. The third kappa shape index (κ3) is 3.78. The van der Waals surface area contributed by atoms with Gasteiger partial charge in [-0.25, -0.2) is 15.0 Å². The van der Waals surface area contributed by atoms with E-state index in [2.05, 4.69) is 62.0 Å². The summed E-state index contributed by atoms with van der Waals surface area (Å²) in [6, 6.07) is 32.4. The van der Waals surface area contributed by atoms with Gasteiger partial charge in [0.2, 0.25) is 0 Å². The molecule has 0 aliphatic carbocycles. The highest BCUT2D eigenvalue weighted by molar-refractivity contribution is 6.10. The predicted octanol–water partition coefficient (Wildman–Crippen LogP) is 6.66. The second-order valence-corrected chi connectivity index (χ2v) is 8.87. The Kier molecular flexibility index (Phi) is 5.22. The molecular formula is C31H20N6. The Bertz CT molecular complexity index is 1900. The quantitative estimate of drug-likeness (QED) is 0.285. The Morgan fingerprint density at radius 1 is 0.622 bits per heavy atom. The second-order valence-electron chi connectivity index (χ2n) is 8.87. The van der Waals surface area contributed by atoms with Crippen LogP contribution in [0.15, 0.2) is 84.9 Å². The first-order valence-corrected chi connectivity index (χ1v) is 11.8. The smallest absolute Gasteiger partial charge is 0.165 e. The lowest BCUT2D eigenvalue weighted by Gasteiger charge is -2.14. The Hall–Kier alpha value is -5.33. The summed E-state index contributed by atoms with van der Waals surface area (Å²) in [7, 11) is 0. The van der Waals surface area contributed by atoms with Gasteiger partial charge in [0.25, 0.3) is 0 Å². The molecule has 2 heterocycles. The van der Waals surface area contributed by atoms with Crippen LogP contribution in [0.25, 0.3) is 50.0 Å². The summed E-state index contributed by atoms with van der Waals surface area (Å²) >= 11 is 0. The van der Waals surface area contributed by atoms with Crippen LogP contribution in [0.4, 0.5) is 0 Å². The molecule has 6 nitrogen and oxygen atoms in total. The van der Waals surface area contributed by atoms with E-state index in [1.165, 1.54) is 0 Å². The second kappa shape index (κ2) is 8.71. The summed E-state index contributed by atoms with van der Waals surface area (Å²) in [6.45, 7) is 3.69. The summed E-state index contributed by atoms with van der Waals surface area (Å²) in [5.74, 6) is 1.79. The molecule has 0 N–H and O–H groups in total. The molecule has 6 rings (SSSR count).